The molecule has 3 fully saturated rings. The zero-order chi connectivity index (χ0) is 29.5. The molecule has 0 heterocycles. The summed E-state index contributed by atoms with van der Waals surface area (Å²) in [5.74, 6) is 3.93. The van der Waals surface area contributed by atoms with Gasteiger partial charge in [-0.3, -0.25) is 0 Å². The summed E-state index contributed by atoms with van der Waals surface area (Å²) < 4.78 is 0. The van der Waals surface area contributed by atoms with Crippen LogP contribution in [0.4, 0.5) is 0 Å². The maximum absolute atomic E-state index is 2.55. The van der Waals surface area contributed by atoms with Gasteiger partial charge in [-0.15, -0.1) is 0 Å². The average molecular weight is 589 g/mol. The highest BCUT2D eigenvalue weighted by Crippen LogP contribution is 2.68. The largest absolute Gasteiger partial charge is 0.0619 e. The fraction of sp³-hybridized carbons (Fsp3) is 0.467. The number of benzene rings is 4. The third kappa shape index (κ3) is 3.90. The second-order valence-electron chi connectivity index (χ2n) is 15.8. The minimum Gasteiger partial charge on any atom is -0.0619 e. The molecule has 228 valence electrons. The smallest absolute Gasteiger partial charge is 0.0136 e. The average Bonchev–Trinajstić information content (AvgIpc) is 3.75. The van der Waals surface area contributed by atoms with Crippen LogP contribution in [0.2, 0.25) is 0 Å². The fourth-order valence-electron chi connectivity index (χ4n) is 11.9. The molecule has 4 aromatic carbocycles. The molecular weight excluding hydrogens is 540 g/mol. The van der Waals surface area contributed by atoms with Gasteiger partial charge in [-0.1, -0.05) is 131 Å². The Morgan fingerprint density at radius 3 is 0.867 bits per heavy atom. The Bertz CT molecular complexity index is 1540. The van der Waals surface area contributed by atoms with Crippen LogP contribution in [0.1, 0.15) is 147 Å². The molecule has 0 N–H and O–H groups in total. The lowest BCUT2D eigenvalue weighted by Crippen LogP contribution is -2.19. The van der Waals surface area contributed by atoms with Gasteiger partial charge < -0.3 is 0 Å². The van der Waals surface area contributed by atoms with Gasteiger partial charge in [-0.05, 0) is 123 Å². The van der Waals surface area contributed by atoms with Crippen LogP contribution >= 0.6 is 0 Å². The first-order valence-electron chi connectivity index (χ1n) is 18.9. The maximum Gasteiger partial charge on any atom is 0.0136 e. The van der Waals surface area contributed by atoms with E-state index in [0.717, 1.165) is 17.8 Å². The normalized spacial score (nSPS) is 25.7. The molecule has 6 aliphatic rings. The second-order valence-corrected chi connectivity index (χ2v) is 15.8. The van der Waals surface area contributed by atoms with Crippen LogP contribution in [-0.4, -0.2) is 0 Å². The van der Waals surface area contributed by atoms with Gasteiger partial charge >= 0.3 is 0 Å². The van der Waals surface area contributed by atoms with Gasteiger partial charge in [-0.2, -0.15) is 0 Å². The Hall–Kier alpha value is -3.12. The van der Waals surface area contributed by atoms with E-state index in [4.69, 9.17) is 0 Å². The molecular formula is C45H48. The zero-order valence-corrected chi connectivity index (χ0v) is 27.0. The van der Waals surface area contributed by atoms with E-state index >= 15 is 0 Å². The summed E-state index contributed by atoms with van der Waals surface area (Å²) in [7, 11) is 0. The van der Waals surface area contributed by atoms with Crippen molar-refractivity contribution in [2.75, 3.05) is 0 Å². The molecule has 0 unspecified atom stereocenters. The Balaban J connectivity index is 1.34. The molecule has 0 radical (unpaired) electrons. The predicted octanol–water partition coefficient (Wildman–Crippen LogP) is 12.8. The Kier molecular flexibility index (Phi) is 6.44. The molecule has 45 heavy (non-hydrogen) atoms. The molecule has 3 saturated carbocycles. The van der Waals surface area contributed by atoms with Gasteiger partial charge in [0.1, 0.15) is 0 Å². The molecule has 6 aliphatic carbocycles. The van der Waals surface area contributed by atoms with E-state index < -0.39 is 0 Å². The van der Waals surface area contributed by atoms with Crippen molar-refractivity contribution in [1.29, 1.82) is 0 Å². The van der Waals surface area contributed by atoms with Crippen molar-refractivity contribution in [2.24, 2.45) is 17.8 Å². The van der Waals surface area contributed by atoms with E-state index in [9.17, 15) is 0 Å². The Morgan fingerprint density at radius 1 is 0.311 bits per heavy atom. The molecule has 3 atom stereocenters. The summed E-state index contributed by atoms with van der Waals surface area (Å²) in [5.41, 5.74) is 20.2. The first-order chi connectivity index (χ1) is 22.4. The van der Waals surface area contributed by atoms with Crippen LogP contribution < -0.4 is 0 Å². The third-order valence-corrected chi connectivity index (χ3v) is 13.6. The first kappa shape index (κ1) is 27.0. The van der Waals surface area contributed by atoms with Crippen molar-refractivity contribution in [3.63, 3.8) is 0 Å². The van der Waals surface area contributed by atoms with E-state index in [1.165, 1.54) is 96.3 Å². The predicted molar refractivity (Wildman–Crippen MR) is 188 cm³/mol. The molecule has 0 amide bonds. The van der Waals surface area contributed by atoms with Gasteiger partial charge in [0, 0.05) is 17.8 Å². The van der Waals surface area contributed by atoms with Crippen LogP contribution in [0.15, 0.2) is 72.8 Å². The van der Waals surface area contributed by atoms with E-state index in [1.807, 2.05) is 0 Å². The fourth-order valence-corrected chi connectivity index (χ4v) is 11.9. The monoisotopic (exact) mass is 588 g/mol. The molecule has 0 heteroatoms. The van der Waals surface area contributed by atoms with Crippen LogP contribution in [-0.2, 0) is 0 Å². The van der Waals surface area contributed by atoms with Crippen LogP contribution in [0, 0.1) is 17.8 Å². The number of hydrogen-bond acceptors (Lipinski definition) is 0. The molecule has 0 aromatic heterocycles. The lowest BCUT2D eigenvalue weighted by Gasteiger charge is -2.34. The quantitative estimate of drug-likeness (QED) is 0.223. The number of hydrogen-bond donors (Lipinski definition) is 0. The van der Waals surface area contributed by atoms with E-state index in [1.54, 1.807) is 66.8 Å². The minimum absolute atomic E-state index is 0.546. The Morgan fingerprint density at radius 2 is 0.578 bits per heavy atom. The van der Waals surface area contributed by atoms with Gasteiger partial charge in [0.25, 0.3) is 0 Å². The molecule has 4 aromatic rings. The molecule has 0 nitrogen and oxygen atoms in total. The van der Waals surface area contributed by atoms with Crippen molar-refractivity contribution in [2.45, 2.75) is 114 Å². The molecule has 0 aliphatic heterocycles. The van der Waals surface area contributed by atoms with E-state index in [2.05, 4.69) is 72.8 Å². The maximum atomic E-state index is 2.55. The molecule has 10 rings (SSSR count). The molecule has 0 bridgehead atoms. The summed E-state index contributed by atoms with van der Waals surface area (Å²) >= 11 is 0. The standard InChI is InChI=1S/C45H48/c1-4-16-28(17-5-1)37-31-22-10-13-25-34(31)40-43(37)41-35-26-14-11-23-32(35)38(29-18-6-2-7-19-29)45(41)42-36-27-15-12-24-33(36)39(44(40)42)30-20-8-3-9-21-30/h10-15,22-30,37-39H,1-9,16-21H2/t37-,38-,39+/m1/s1. The van der Waals surface area contributed by atoms with Crippen molar-refractivity contribution in [3.8, 4) is 33.4 Å². The highest BCUT2D eigenvalue weighted by Gasteiger charge is 2.50. The highest BCUT2D eigenvalue weighted by atomic mass is 14.5. The SMILES string of the molecule is c1ccc2c(c1)-c1c3c(c4c(c1[C@@H]2C1CCCCC1)-c1ccccc1[C@@H]4C1CCCCC1)-c1ccccc1[C@H]3C1CCCCC1. The minimum atomic E-state index is 0.546. The van der Waals surface area contributed by atoms with E-state index in [0.29, 0.717) is 17.8 Å². The van der Waals surface area contributed by atoms with Gasteiger partial charge in [0.05, 0.1) is 0 Å². The Labute approximate surface area is 270 Å². The van der Waals surface area contributed by atoms with Crippen molar-refractivity contribution in [3.05, 3.63) is 106 Å². The molecule has 0 spiro atoms. The third-order valence-electron chi connectivity index (χ3n) is 13.6. The first-order valence-corrected chi connectivity index (χ1v) is 18.9. The lowest BCUT2D eigenvalue weighted by molar-refractivity contribution is 0.326. The zero-order valence-electron chi connectivity index (χ0n) is 27.0. The number of rotatable bonds is 3. The summed E-state index contributed by atoms with van der Waals surface area (Å²) in [6.07, 6.45) is 21.1. The lowest BCUT2D eigenvalue weighted by atomic mass is 9.69. The van der Waals surface area contributed by atoms with Crippen LogP contribution in [0.3, 0.4) is 0 Å². The van der Waals surface area contributed by atoms with E-state index in [-0.39, 0.29) is 0 Å². The van der Waals surface area contributed by atoms with Crippen molar-refractivity contribution >= 4 is 0 Å². The van der Waals surface area contributed by atoms with Crippen molar-refractivity contribution < 1.29 is 0 Å². The van der Waals surface area contributed by atoms with Gasteiger partial charge in [0.2, 0.25) is 0 Å². The topological polar surface area (TPSA) is 0 Å². The van der Waals surface area contributed by atoms with Crippen LogP contribution in [0.5, 0.6) is 0 Å². The van der Waals surface area contributed by atoms with Gasteiger partial charge in [-0.25, -0.2) is 0 Å². The highest BCUT2D eigenvalue weighted by molar-refractivity contribution is 6.03. The summed E-state index contributed by atoms with van der Waals surface area (Å²) in [6, 6.07) is 29.3. The second kappa shape index (κ2) is 10.7. The summed E-state index contributed by atoms with van der Waals surface area (Å²) in [4.78, 5) is 0. The van der Waals surface area contributed by atoms with Crippen LogP contribution in [0.25, 0.3) is 33.4 Å². The summed E-state index contributed by atoms with van der Waals surface area (Å²) in [6.45, 7) is 0. The molecule has 0 saturated heterocycles. The summed E-state index contributed by atoms with van der Waals surface area (Å²) in [5, 5.41) is 0. The van der Waals surface area contributed by atoms with Crippen molar-refractivity contribution in [1.82, 2.24) is 0 Å². The number of fused-ring (bicyclic) bond motifs is 12. The van der Waals surface area contributed by atoms with Gasteiger partial charge in [0.15, 0.2) is 0 Å².